The highest BCUT2D eigenvalue weighted by molar-refractivity contribution is 5.82. The molecule has 0 spiro atoms. The predicted octanol–water partition coefficient (Wildman–Crippen LogP) is 2.98. The average Bonchev–Trinajstić information content (AvgIpc) is 2.54. The fraction of sp³-hybridized carbons (Fsp3) is 0.235. The maximum absolute atomic E-state index is 13.7. The molecule has 0 bridgehead atoms. The minimum atomic E-state index is -0.823. The molecule has 23 heavy (non-hydrogen) atoms. The van der Waals surface area contributed by atoms with Crippen LogP contribution in [0.4, 0.5) is 8.78 Å². The third-order valence-electron chi connectivity index (χ3n) is 3.59. The van der Waals surface area contributed by atoms with E-state index in [1.54, 1.807) is 25.1 Å². The Kier molecular flexibility index (Phi) is 4.14. The smallest absolute Gasteiger partial charge is 0.265 e. The topological polar surface area (TPSA) is 47.6 Å². The number of benzene rings is 2. The summed E-state index contributed by atoms with van der Waals surface area (Å²) in [4.78, 5) is 12.3. The van der Waals surface area contributed by atoms with Crippen molar-refractivity contribution in [3.05, 3.63) is 59.7 Å². The summed E-state index contributed by atoms with van der Waals surface area (Å²) in [6, 6.07) is 9.66. The third kappa shape index (κ3) is 3.26. The van der Waals surface area contributed by atoms with Gasteiger partial charge in [-0.15, -0.1) is 0 Å². The van der Waals surface area contributed by atoms with Gasteiger partial charge in [0.15, 0.2) is 11.5 Å². The minimum Gasteiger partial charge on any atom is -0.485 e. The van der Waals surface area contributed by atoms with Gasteiger partial charge in [-0.2, -0.15) is 0 Å². The molecule has 0 saturated heterocycles. The molecule has 0 fully saturated rings. The van der Waals surface area contributed by atoms with E-state index in [4.69, 9.17) is 9.47 Å². The zero-order valence-corrected chi connectivity index (χ0v) is 12.4. The lowest BCUT2D eigenvalue weighted by Gasteiger charge is -2.26. The van der Waals surface area contributed by atoms with E-state index < -0.39 is 29.7 Å². The lowest BCUT2D eigenvalue weighted by molar-refractivity contribution is -0.131. The van der Waals surface area contributed by atoms with E-state index in [2.05, 4.69) is 5.32 Å². The molecule has 0 aliphatic carbocycles. The van der Waals surface area contributed by atoms with Crippen LogP contribution in [0.2, 0.25) is 0 Å². The maximum Gasteiger partial charge on any atom is 0.265 e. The zero-order valence-electron chi connectivity index (χ0n) is 12.4. The lowest BCUT2D eigenvalue weighted by atomic mass is 10.1. The molecule has 120 valence electrons. The molecule has 1 aliphatic rings. The van der Waals surface area contributed by atoms with E-state index in [1.807, 2.05) is 6.07 Å². The van der Waals surface area contributed by atoms with E-state index >= 15 is 0 Å². The lowest BCUT2D eigenvalue weighted by Crippen LogP contribution is -2.44. The molecule has 1 aliphatic heterocycles. The number of rotatable bonds is 3. The molecule has 3 rings (SSSR count). The Morgan fingerprint density at radius 1 is 1.22 bits per heavy atom. The Balaban J connectivity index is 1.68. The van der Waals surface area contributed by atoms with Gasteiger partial charge in [-0.05, 0) is 25.1 Å². The van der Waals surface area contributed by atoms with E-state index in [1.165, 1.54) is 6.07 Å². The van der Waals surface area contributed by atoms with Gasteiger partial charge in [0.1, 0.15) is 18.2 Å². The zero-order chi connectivity index (χ0) is 16.4. The molecule has 0 aromatic heterocycles. The normalized spacial score (nSPS) is 17.4. The van der Waals surface area contributed by atoms with Crippen LogP contribution in [0.5, 0.6) is 11.5 Å². The number of fused-ring (bicyclic) bond motifs is 1. The number of para-hydroxylation sites is 2. The largest absolute Gasteiger partial charge is 0.485 e. The van der Waals surface area contributed by atoms with Crippen LogP contribution in [0.3, 0.4) is 0 Å². The summed E-state index contributed by atoms with van der Waals surface area (Å²) in [5, 5.41) is 2.65. The molecule has 0 saturated carbocycles. The fourth-order valence-electron chi connectivity index (χ4n) is 2.39. The first-order chi connectivity index (χ1) is 11.0. The Labute approximate surface area is 132 Å². The second-order valence-corrected chi connectivity index (χ2v) is 5.26. The molecule has 6 heteroatoms. The number of hydrogen-bond acceptors (Lipinski definition) is 3. The molecule has 2 aromatic rings. The first kappa shape index (κ1) is 15.3. The van der Waals surface area contributed by atoms with Crippen LogP contribution in [0, 0.1) is 11.6 Å². The molecular weight excluding hydrogens is 304 g/mol. The van der Waals surface area contributed by atoms with Gasteiger partial charge < -0.3 is 14.8 Å². The average molecular weight is 319 g/mol. The molecule has 1 heterocycles. The van der Waals surface area contributed by atoms with Crippen molar-refractivity contribution in [1.82, 2.24) is 5.32 Å². The van der Waals surface area contributed by atoms with Gasteiger partial charge >= 0.3 is 0 Å². The third-order valence-corrected chi connectivity index (χ3v) is 3.59. The summed E-state index contributed by atoms with van der Waals surface area (Å²) in [6.07, 6.45) is -0.823. The number of carbonyl (C=O) groups excluding carboxylic acids is 1. The van der Waals surface area contributed by atoms with Crippen LogP contribution in [-0.2, 0) is 4.79 Å². The monoisotopic (exact) mass is 319 g/mol. The van der Waals surface area contributed by atoms with Crippen LogP contribution >= 0.6 is 0 Å². The molecular formula is C17H15F2NO3. The second-order valence-electron chi connectivity index (χ2n) is 5.26. The van der Waals surface area contributed by atoms with Gasteiger partial charge in [0, 0.05) is 11.6 Å². The standard InChI is InChI=1S/C17H15F2NO3/c1-10(12-7-6-11(18)8-13(12)19)20-17(21)16-9-22-14-4-2-3-5-15(14)23-16/h2-8,10,16H,9H2,1H3,(H,20,21). The summed E-state index contributed by atoms with van der Waals surface area (Å²) >= 11 is 0. The SMILES string of the molecule is CC(NC(=O)C1COc2ccccc2O1)c1ccc(F)cc1F. The second kappa shape index (κ2) is 6.24. The van der Waals surface area contributed by atoms with Gasteiger partial charge in [0.05, 0.1) is 6.04 Å². The summed E-state index contributed by atoms with van der Waals surface area (Å²) in [7, 11) is 0. The Bertz CT molecular complexity index is 736. The molecule has 1 N–H and O–H groups in total. The van der Waals surface area contributed by atoms with Crippen LogP contribution in [-0.4, -0.2) is 18.6 Å². The molecule has 0 radical (unpaired) electrons. The van der Waals surface area contributed by atoms with Crippen molar-refractivity contribution in [3.63, 3.8) is 0 Å². The van der Waals surface area contributed by atoms with Crippen LogP contribution in [0.25, 0.3) is 0 Å². The van der Waals surface area contributed by atoms with Gasteiger partial charge in [-0.1, -0.05) is 18.2 Å². The fourth-order valence-corrected chi connectivity index (χ4v) is 2.39. The van der Waals surface area contributed by atoms with Crippen LogP contribution in [0.15, 0.2) is 42.5 Å². The van der Waals surface area contributed by atoms with Crippen molar-refractivity contribution in [2.45, 2.75) is 19.1 Å². The van der Waals surface area contributed by atoms with Gasteiger partial charge in [-0.25, -0.2) is 8.78 Å². The van der Waals surface area contributed by atoms with Gasteiger partial charge in [-0.3, -0.25) is 4.79 Å². The summed E-state index contributed by atoms with van der Waals surface area (Å²) in [6.45, 7) is 1.69. The Morgan fingerprint density at radius 2 is 1.96 bits per heavy atom. The molecule has 1 amide bonds. The van der Waals surface area contributed by atoms with Crippen molar-refractivity contribution in [2.24, 2.45) is 0 Å². The minimum absolute atomic E-state index is 0.0709. The number of halogens is 2. The van der Waals surface area contributed by atoms with Gasteiger partial charge in [0.2, 0.25) is 6.10 Å². The summed E-state index contributed by atoms with van der Waals surface area (Å²) < 4.78 is 37.7. The van der Waals surface area contributed by atoms with E-state index in [9.17, 15) is 13.6 Å². The maximum atomic E-state index is 13.7. The molecule has 4 nitrogen and oxygen atoms in total. The molecule has 2 atom stereocenters. The number of amides is 1. The highest BCUT2D eigenvalue weighted by Crippen LogP contribution is 2.31. The predicted molar refractivity (Wildman–Crippen MR) is 79.3 cm³/mol. The summed E-state index contributed by atoms with van der Waals surface area (Å²) in [5.41, 5.74) is 0.205. The first-order valence-electron chi connectivity index (χ1n) is 7.18. The van der Waals surface area contributed by atoms with Crippen molar-refractivity contribution in [3.8, 4) is 11.5 Å². The van der Waals surface area contributed by atoms with E-state index in [-0.39, 0.29) is 12.2 Å². The van der Waals surface area contributed by atoms with Crippen molar-refractivity contribution in [1.29, 1.82) is 0 Å². The highest BCUT2D eigenvalue weighted by atomic mass is 19.1. The number of ether oxygens (including phenoxy) is 2. The number of carbonyl (C=O) groups is 1. The van der Waals surface area contributed by atoms with Crippen molar-refractivity contribution < 1.29 is 23.0 Å². The molecule has 2 unspecified atom stereocenters. The van der Waals surface area contributed by atoms with Crippen LogP contribution in [0.1, 0.15) is 18.5 Å². The Morgan fingerprint density at radius 3 is 2.70 bits per heavy atom. The number of nitrogens with one attached hydrogen (secondary N) is 1. The summed E-state index contributed by atoms with van der Waals surface area (Å²) in [5.74, 6) is -0.723. The first-order valence-corrected chi connectivity index (χ1v) is 7.18. The van der Waals surface area contributed by atoms with Crippen molar-refractivity contribution >= 4 is 5.91 Å². The molecule has 2 aromatic carbocycles. The van der Waals surface area contributed by atoms with E-state index in [0.717, 1.165) is 12.1 Å². The highest BCUT2D eigenvalue weighted by Gasteiger charge is 2.28. The van der Waals surface area contributed by atoms with Gasteiger partial charge in [0.25, 0.3) is 5.91 Å². The quantitative estimate of drug-likeness (QED) is 0.946. The van der Waals surface area contributed by atoms with Crippen molar-refractivity contribution in [2.75, 3.05) is 6.61 Å². The van der Waals surface area contributed by atoms with E-state index in [0.29, 0.717) is 11.5 Å². The Hall–Kier alpha value is -2.63. The number of hydrogen-bond donors (Lipinski definition) is 1. The van der Waals surface area contributed by atoms with Crippen LogP contribution < -0.4 is 14.8 Å².